The Balaban J connectivity index is 2.42. The molecular formula is C12H16N2O3. The Hall–Kier alpha value is -1.91. The largest absolute Gasteiger partial charge is 0.497 e. The summed E-state index contributed by atoms with van der Waals surface area (Å²) in [6.07, 6.45) is 0. The van der Waals surface area contributed by atoms with Crippen molar-refractivity contribution in [2.45, 2.75) is 19.5 Å². The third kappa shape index (κ3) is 2.00. The first-order valence-corrected chi connectivity index (χ1v) is 5.40. The molecule has 0 aromatic heterocycles. The van der Waals surface area contributed by atoms with Gasteiger partial charge in [-0.1, -0.05) is 0 Å². The van der Waals surface area contributed by atoms with Crippen LogP contribution in [0.15, 0.2) is 18.2 Å². The molecule has 17 heavy (non-hydrogen) atoms. The summed E-state index contributed by atoms with van der Waals surface area (Å²) in [4.78, 5) is 12.7. The summed E-state index contributed by atoms with van der Waals surface area (Å²) in [7, 11) is 1.59. The summed E-state index contributed by atoms with van der Waals surface area (Å²) < 4.78 is 5.16. The van der Waals surface area contributed by atoms with Crippen LogP contribution >= 0.6 is 0 Å². The SMILES string of the molecule is COc1ccc2c(c1)N(CC(=O)O)C(C)(C)N2. The number of nitrogens with one attached hydrogen (secondary N) is 1. The second-order valence-corrected chi connectivity index (χ2v) is 4.55. The first kappa shape index (κ1) is 11.6. The summed E-state index contributed by atoms with van der Waals surface area (Å²) in [6.45, 7) is 3.85. The molecule has 0 unspecified atom stereocenters. The zero-order valence-electron chi connectivity index (χ0n) is 10.2. The molecular weight excluding hydrogens is 220 g/mol. The smallest absolute Gasteiger partial charge is 0.323 e. The normalized spacial score (nSPS) is 16.3. The molecule has 5 heteroatoms. The zero-order chi connectivity index (χ0) is 12.6. The van der Waals surface area contributed by atoms with Crippen LogP contribution in [-0.2, 0) is 4.79 Å². The third-order valence-corrected chi connectivity index (χ3v) is 2.90. The molecule has 0 spiro atoms. The molecule has 0 saturated carbocycles. The van der Waals surface area contributed by atoms with Gasteiger partial charge >= 0.3 is 5.97 Å². The van der Waals surface area contributed by atoms with Crippen molar-refractivity contribution in [3.63, 3.8) is 0 Å². The number of carboxylic acid groups (broad SMARTS) is 1. The highest BCUT2D eigenvalue weighted by molar-refractivity contribution is 5.84. The van der Waals surface area contributed by atoms with Gasteiger partial charge in [0.15, 0.2) is 0 Å². The van der Waals surface area contributed by atoms with Crippen LogP contribution in [-0.4, -0.2) is 30.4 Å². The van der Waals surface area contributed by atoms with Crippen molar-refractivity contribution >= 4 is 17.3 Å². The number of methoxy groups -OCH3 is 1. The molecule has 2 rings (SSSR count). The summed E-state index contributed by atoms with van der Waals surface area (Å²) >= 11 is 0. The minimum absolute atomic E-state index is 0.0415. The van der Waals surface area contributed by atoms with E-state index in [4.69, 9.17) is 9.84 Å². The van der Waals surface area contributed by atoms with Crippen LogP contribution in [0.4, 0.5) is 11.4 Å². The van der Waals surface area contributed by atoms with Gasteiger partial charge in [-0.2, -0.15) is 0 Å². The highest BCUT2D eigenvalue weighted by Gasteiger charge is 2.36. The van der Waals surface area contributed by atoms with Gasteiger partial charge in [-0.05, 0) is 26.0 Å². The lowest BCUT2D eigenvalue weighted by molar-refractivity contribution is -0.135. The minimum atomic E-state index is -0.851. The Morgan fingerprint density at radius 2 is 2.24 bits per heavy atom. The van der Waals surface area contributed by atoms with Crippen LogP contribution in [0.5, 0.6) is 5.75 Å². The van der Waals surface area contributed by atoms with Crippen LogP contribution in [0.2, 0.25) is 0 Å². The first-order chi connectivity index (χ1) is 7.94. The van der Waals surface area contributed by atoms with Gasteiger partial charge in [0.1, 0.15) is 18.0 Å². The lowest BCUT2D eigenvalue weighted by Gasteiger charge is -2.32. The van der Waals surface area contributed by atoms with E-state index < -0.39 is 11.6 Å². The van der Waals surface area contributed by atoms with Crippen molar-refractivity contribution in [2.24, 2.45) is 0 Å². The summed E-state index contributed by atoms with van der Waals surface area (Å²) in [5.41, 5.74) is 1.38. The van der Waals surface area contributed by atoms with E-state index >= 15 is 0 Å². The Labute approximate surface area is 100.0 Å². The Bertz CT molecular complexity index is 457. The third-order valence-electron chi connectivity index (χ3n) is 2.90. The van der Waals surface area contributed by atoms with E-state index in [0.717, 1.165) is 17.1 Å². The fourth-order valence-electron chi connectivity index (χ4n) is 2.08. The van der Waals surface area contributed by atoms with Crippen LogP contribution in [0.1, 0.15) is 13.8 Å². The molecule has 0 amide bonds. The van der Waals surface area contributed by atoms with E-state index in [1.165, 1.54) is 0 Å². The van der Waals surface area contributed by atoms with Crippen molar-refractivity contribution < 1.29 is 14.6 Å². The van der Waals surface area contributed by atoms with Gasteiger partial charge in [0.05, 0.1) is 18.5 Å². The van der Waals surface area contributed by atoms with E-state index in [0.29, 0.717) is 0 Å². The van der Waals surface area contributed by atoms with Crippen LogP contribution in [0.25, 0.3) is 0 Å². The molecule has 0 radical (unpaired) electrons. The van der Waals surface area contributed by atoms with Gasteiger partial charge in [0, 0.05) is 6.07 Å². The monoisotopic (exact) mass is 236 g/mol. The number of carboxylic acids is 1. The number of rotatable bonds is 3. The molecule has 0 atom stereocenters. The van der Waals surface area contributed by atoms with Gasteiger partial charge in [0.2, 0.25) is 0 Å². The molecule has 2 N–H and O–H groups in total. The second-order valence-electron chi connectivity index (χ2n) is 4.55. The second kappa shape index (κ2) is 3.84. The maximum Gasteiger partial charge on any atom is 0.323 e. The first-order valence-electron chi connectivity index (χ1n) is 5.40. The Morgan fingerprint density at radius 1 is 1.53 bits per heavy atom. The Kier molecular flexibility index (Phi) is 2.61. The molecule has 1 heterocycles. The maximum absolute atomic E-state index is 10.9. The van der Waals surface area contributed by atoms with Gasteiger partial charge in [0.25, 0.3) is 0 Å². The lowest BCUT2D eigenvalue weighted by atomic mass is 10.2. The molecule has 1 aliphatic heterocycles. The number of aliphatic carboxylic acids is 1. The number of hydrogen-bond donors (Lipinski definition) is 2. The highest BCUT2D eigenvalue weighted by Crippen LogP contribution is 2.41. The zero-order valence-corrected chi connectivity index (χ0v) is 10.2. The van der Waals surface area contributed by atoms with Gasteiger partial charge < -0.3 is 20.1 Å². The lowest BCUT2D eigenvalue weighted by Crippen LogP contribution is -2.47. The standard InChI is InChI=1S/C12H16N2O3/c1-12(2)13-9-5-4-8(17-3)6-10(9)14(12)7-11(15)16/h4-6,13H,7H2,1-3H3,(H,15,16). The van der Waals surface area contributed by atoms with E-state index in [1.54, 1.807) is 7.11 Å². The van der Waals surface area contributed by atoms with Crippen LogP contribution in [0.3, 0.4) is 0 Å². The molecule has 5 nitrogen and oxygen atoms in total. The fourth-order valence-corrected chi connectivity index (χ4v) is 2.08. The van der Waals surface area contributed by atoms with E-state index in [1.807, 2.05) is 36.9 Å². The number of fused-ring (bicyclic) bond motifs is 1. The maximum atomic E-state index is 10.9. The fraction of sp³-hybridized carbons (Fsp3) is 0.417. The average molecular weight is 236 g/mol. The highest BCUT2D eigenvalue weighted by atomic mass is 16.5. The molecule has 1 aliphatic rings. The van der Waals surface area contributed by atoms with Crippen molar-refractivity contribution in [2.75, 3.05) is 23.9 Å². The number of carbonyl (C=O) groups is 1. The van der Waals surface area contributed by atoms with Crippen LogP contribution in [0, 0.1) is 0 Å². The number of hydrogen-bond acceptors (Lipinski definition) is 4. The number of anilines is 2. The topological polar surface area (TPSA) is 61.8 Å². The predicted octanol–water partition coefficient (Wildman–Crippen LogP) is 1.75. The van der Waals surface area contributed by atoms with Gasteiger partial charge in [-0.15, -0.1) is 0 Å². The van der Waals surface area contributed by atoms with Crippen molar-refractivity contribution in [3.8, 4) is 5.75 Å². The van der Waals surface area contributed by atoms with Crippen molar-refractivity contribution in [1.82, 2.24) is 0 Å². The van der Waals surface area contributed by atoms with Gasteiger partial charge in [-0.3, -0.25) is 4.79 Å². The number of ether oxygens (including phenoxy) is 1. The van der Waals surface area contributed by atoms with E-state index in [-0.39, 0.29) is 6.54 Å². The quantitative estimate of drug-likeness (QED) is 0.837. The molecule has 92 valence electrons. The minimum Gasteiger partial charge on any atom is -0.497 e. The van der Waals surface area contributed by atoms with Gasteiger partial charge in [-0.25, -0.2) is 0 Å². The average Bonchev–Trinajstić information content (AvgIpc) is 2.49. The molecule has 1 aromatic carbocycles. The van der Waals surface area contributed by atoms with E-state index in [9.17, 15) is 4.79 Å². The number of benzene rings is 1. The van der Waals surface area contributed by atoms with E-state index in [2.05, 4.69) is 5.32 Å². The molecule has 0 saturated heterocycles. The molecule has 0 aliphatic carbocycles. The predicted molar refractivity (Wildman–Crippen MR) is 65.7 cm³/mol. The summed E-state index contributed by atoms with van der Waals surface area (Å²) in [5, 5.41) is 12.2. The molecule has 1 aromatic rings. The molecule has 0 bridgehead atoms. The van der Waals surface area contributed by atoms with Crippen LogP contribution < -0.4 is 15.0 Å². The molecule has 0 fully saturated rings. The summed E-state index contributed by atoms with van der Waals surface area (Å²) in [6, 6.07) is 5.60. The Morgan fingerprint density at radius 3 is 2.82 bits per heavy atom. The van der Waals surface area contributed by atoms with Crippen molar-refractivity contribution in [1.29, 1.82) is 0 Å². The number of nitrogens with zero attached hydrogens (tertiary/aromatic N) is 1. The van der Waals surface area contributed by atoms with Crippen molar-refractivity contribution in [3.05, 3.63) is 18.2 Å². The summed E-state index contributed by atoms with van der Waals surface area (Å²) in [5.74, 6) is -0.130.